The number of ether oxygens (including phenoxy) is 1. The highest BCUT2D eigenvalue weighted by atomic mass is 79.9. The van der Waals surface area contributed by atoms with E-state index in [1.165, 1.54) is 0 Å². The predicted molar refractivity (Wildman–Crippen MR) is 65.1 cm³/mol. The van der Waals surface area contributed by atoms with E-state index >= 15 is 0 Å². The summed E-state index contributed by atoms with van der Waals surface area (Å²) in [6.45, 7) is 1.13. The normalized spacial score (nSPS) is 19.9. The highest BCUT2D eigenvalue weighted by Gasteiger charge is 2.30. The number of methoxy groups -OCH3 is 1. The van der Waals surface area contributed by atoms with Gasteiger partial charge in [0, 0.05) is 31.1 Å². The Morgan fingerprint density at radius 3 is 3.29 bits per heavy atom. The van der Waals surface area contributed by atoms with E-state index in [9.17, 15) is 4.79 Å². The number of amides is 1. The van der Waals surface area contributed by atoms with Crippen LogP contribution in [0, 0.1) is 0 Å². The molecule has 94 valence electrons. The molecular weight excluding hydrogens is 288 g/mol. The molecule has 0 aromatic carbocycles. The van der Waals surface area contributed by atoms with E-state index in [4.69, 9.17) is 9.26 Å². The van der Waals surface area contributed by atoms with Crippen molar-refractivity contribution in [2.45, 2.75) is 25.5 Å². The van der Waals surface area contributed by atoms with E-state index in [0.717, 1.165) is 24.7 Å². The smallest absolute Gasteiger partial charge is 0.276 e. The van der Waals surface area contributed by atoms with E-state index in [1.54, 1.807) is 13.2 Å². The van der Waals surface area contributed by atoms with Gasteiger partial charge in [-0.05, 0) is 12.8 Å². The van der Waals surface area contributed by atoms with Gasteiger partial charge in [-0.3, -0.25) is 4.79 Å². The minimum absolute atomic E-state index is 0.0574. The van der Waals surface area contributed by atoms with Crippen molar-refractivity contribution in [2.75, 3.05) is 19.0 Å². The maximum Gasteiger partial charge on any atom is 0.276 e. The van der Waals surface area contributed by atoms with Gasteiger partial charge in [0.1, 0.15) is 6.61 Å². The Labute approximate surface area is 108 Å². The van der Waals surface area contributed by atoms with Crippen LogP contribution in [0.3, 0.4) is 0 Å². The molecule has 1 aliphatic rings. The molecule has 1 aliphatic heterocycles. The summed E-state index contributed by atoms with van der Waals surface area (Å²) >= 11 is 3.43. The van der Waals surface area contributed by atoms with Crippen molar-refractivity contribution in [3.8, 4) is 0 Å². The zero-order chi connectivity index (χ0) is 12.3. The van der Waals surface area contributed by atoms with Crippen LogP contribution in [0.1, 0.15) is 29.1 Å². The molecule has 0 spiro atoms. The molecule has 0 N–H and O–H groups in total. The zero-order valence-electron chi connectivity index (χ0n) is 9.69. The number of hydrogen-bond donors (Lipinski definition) is 0. The monoisotopic (exact) mass is 302 g/mol. The molecule has 1 aromatic heterocycles. The number of carbonyl (C=O) groups excluding carboxylic acids is 1. The lowest BCUT2D eigenvalue weighted by Crippen LogP contribution is -2.36. The summed E-state index contributed by atoms with van der Waals surface area (Å²) in [5, 5.41) is 4.59. The summed E-state index contributed by atoms with van der Waals surface area (Å²) in [7, 11) is 1.57. The van der Waals surface area contributed by atoms with Crippen LogP contribution < -0.4 is 0 Å². The van der Waals surface area contributed by atoms with Gasteiger partial charge in [-0.2, -0.15) is 0 Å². The van der Waals surface area contributed by atoms with E-state index in [2.05, 4.69) is 21.1 Å². The van der Waals surface area contributed by atoms with Crippen molar-refractivity contribution >= 4 is 21.8 Å². The minimum atomic E-state index is -0.0574. The maximum atomic E-state index is 12.2. The van der Waals surface area contributed by atoms with Crippen molar-refractivity contribution in [1.82, 2.24) is 10.1 Å². The Balaban J connectivity index is 2.07. The fourth-order valence-corrected chi connectivity index (χ4v) is 2.71. The molecule has 1 atom stereocenters. The second-order valence-electron chi connectivity index (χ2n) is 4.06. The molecule has 6 heteroatoms. The third-order valence-corrected chi connectivity index (χ3v) is 3.63. The molecule has 2 heterocycles. The summed E-state index contributed by atoms with van der Waals surface area (Å²) < 4.78 is 9.94. The van der Waals surface area contributed by atoms with Gasteiger partial charge in [-0.15, -0.1) is 0 Å². The minimum Gasteiger partial charge on any atom is -0.377 e. The van der Waals surface area contributed by atoms with Gasteiger partial charge in [-0.25, -0.2) is 0 Å². The van der Waals surface area contributed by atoms with E-state index in [-0.39, 0.29) is 11.9 Å². The van der Waals surface area contributed by atoms with Crippen molar-refractivity contribution in [3.63, 3.8) is 0 Å². The second-order valence-corrected chi connectivity index (χ2v) is 4.71. The summed E-state index contributed by atoms with van der Waals surface area (Å²) in [6.07, 6.45) is 2.09. The fourth-order valence-electron chi connectivity index (χ4n) is 2.03. The van der Waals surface area contributed by atoms with Gasteiger partial charge in [0.15, 0.2) is 11.5 Å². The van der Waals surface area contributed by atoms with Crippen LogP contribution in [-0.4, -0.2) is 41.0 Å². The van der Waals surface area contributed by atoms with Crippen molar-refractivity contribution in [3.05, 3.63) is 17.5 Å². The highest BCUT2D eigenvalue weighted by molar-refractivity contribution is 9.09. The van der Waals surface area contributed by atoms with Crippen LogP contribution in [0.2, 0.25) is 0 Å². The first-order chi connectivity index (χ1) is 8.26. The van der Waals surface area contributed by atoms with Crippen molar-refractivity contribution in [1.29, 1.82) is 0 Å². The highest BCUT2D eigenvalue weighted by Crippen LogP contribution is 2.21. The Hall–Kier alpha value is -0.880. The lowest BCUT2D eigenvalue weighted by Gasteiger charge is -2.21. The molecule has 1 fully saturated rings. The number of carbonyl (C=O) groups is 1. The van der Waals surface area contributed by atoms with Crippen molar-refractivity contribution in [2.24, 2.45) is 0 Å². The molecule has 17 heavy (non-hydrogen) atoms. The summed E-state index contributed by atoms with van der Waals surface area (Å²) in [4.78, 5) is 14.0. The molecule has 1 amide bonds. The van der Waals surface area contributed by atoms with Crippen LogP contribution in [0.5, 0.6) is 0 Å². The van der Waals surface area contributed by atoms with Gasteiger partial charge in [0.25, 0.3) is 5.91 Å². The number of rotatable bonds is 4. The Morgan fingerprint density at radius 2 is 2.59 bits per heavy atom. The molecular formula is C11H15BrN2O3. The fraction of sp³-hybridized carbons (Fsp3) is 0.636. The molecule has 2 rings (SSSR count). The first-order valence-electron chi connectivity index (χ1n) is 5.57. The largest absolute Gasteiger partial charge is 0.377 e. The summed E-state index contributed by atoms with van der Waals surface area (Å²) in [5.74, 6) is 0.517. The number of hydrogen-bond acceptors (Lipinski definition) is 4. The number of aromatic nitrogens is 1. The van der Waals surface area contributed by atoms with Crippen LogP contribution >= 0.6 is 15.9 Å². The van der Waals surface area contributed by atoms with Gasteiger partial charge < -0.3 is 14.2 Å². The SMILES string of the molecule is COCc1cc(C(=O)N2CCCC2CBr)no1. The average molecular weight is 303 g/mol. The van der Waals surface area contributed by atoms with Crippen LogP contribution in [0.4, 0.5) is 0 Å². The molecule has 1 unspecified atom stereocenters. The molecule has 0 radical (unpaired) electrons. The van der Waals surface area contributed by atoms with Crippen LogP contribution in [0.25, 0.3) is 0 Å². The van der Waals surface area contributed by atoms with E-state index < -0.39 is 0 Å². The zero-order valence-corrected chi connectivity index (χ0v) is 11.3. The topological polar surface area (TPSA) is 55.6 Å². The third kappa shape index (κ3) is 2.69. The molecule has 1 saturated heterocycles. The molecule has 1 aromatic rings. The standard InChI is InChI=1S/C11H15BrN2O3/c1-16-7-9-5-10(13-17-9)11(15)14-4-2-3-8(14)6-12/h5,8H,2-4,6-7H2,1H3. The van der Waals surface area contributed by atoms with E-state index in [0.29, 0.717) is 18.1 Å². The Bertz CT molecular complexity index is 394. The Morgan fingerprint density at radius 1 is 1.76 bits per heavy atom. The Kier molecular flexibility index (Phi) is 4.17. The van der Waals surface area contributed by atoms with Crippen LogP contribution in [0.15, 0.2) is 10.6 Å². The first-order valence-corrected chi connectivity index (χ1v) is 6.70. The number of nitrogens with zero attached hydrogens (tertiary/aromatic N) is 2. The molecule has 5 nitrogen and oxygen atoms in total. The van der Waals surface area contributed by atoms with Gasteiger partial charge in [0.2, 0.25) is 0 Å². The first kappa shape index (κ1) is 12.6. The maximum absolute atomic E-state index is 12.2. The van der Waals surface area contributed by atoms with Crippen molar-refractivity contribution < 1.29 is 14.1 Å². The number of likely N-dealkylation sites (tertiary alicyclic amines) is 1. The lowest BCUT2D eigenvalue weighted by atomic mass is 10.2. The predicted octanol–water partition coefficient (Wildman–Crippen LogP) is 1.82. The van der Waals surface area contributed by atoms with Gasteiger partial charge >= 0.3 is 0 Å². The van der Waals surface area contributed by atoms with E-state index in [1.807, 2.05) is 4.90 Å². The van der Waals surface area contributed by atoms with Crippen LogP contribution in [-0.2, 0) is 11.3 Å². The summed E-state index contributed by atoms with van der Waals surface area (Å²) in [5.41, 5.74) is 0.366. The third-order valence-electron chi connectivity index (χ3n) is 2.88. The average Bonchev–Trinajstić information content (AvgIpc) is 2.96. The molecule has 0 bridgehead atoms. The molecule has 0 aliphatic carbocycles. The quantitative estimate of drug-likeness (QED) is 0.796. The lowest BCUT2D eigenvalue weighted by molar-refractivity contribution is 0.0739. The number of halogens is 1. The number of alkyl halides is 1. The summed E-state index contributed by atoms with van der Waals surface area (Å²) in [6, 6.07) is 1.92. The second kappa shape index (κ2) is 5.64. The van der Waals surface area contributed by atoms with Gasteiger partial charge in [0.05, 0.1) is 0 Å². The van der Waals surface area contributed by atoms with Gasteiger partial charge in [-0.1, -0.05) is 21.1 Å². The molecule has 0 saturated carbocycles.